The second kappa shape index (κ2) is 6.18. The molecule has 1 heterocycles. The number of halogens is 3. The van der Waals surface area contributed by atoms with Gasteiger partial charge in [0.05, 0.1) is 17.9 Å². The highest BCUT2D eigenvalue weighted by atomic mass is 32.2. The summed E-state index contributed by atoms with van der Waals surface area (Å²) in [5.41, 5.74) is 0. The molecule has 1 rings (SSSR count). The highest BCUT2D eigenvalue weighted by Crippen LogP contribution is 2.26. The zero-order valence-corrected chi connectivity index (χ0v) is 11.8. The van der Waals surface area contributed by atoms with Crippen LogP contribution in [0, 0.1) is 0 Å². The summed E-state index contributed by atoms with van der Waals surface area (Å²) in [7, 11) is -2.86. The average molecular weight is 333 g/mol. The van der Waals surface area contributed by atoms with Crippen molar-refractivity contribution in [1.29, 1.82) is 0 Å². The lowest BCUT2D eigenvalue weighted by atomic mass is 10.2. The van der Waals surface area contributed by atoms with Crippen molar-refractivity contribution in [3.8, 4) is 0 Å². The van der Waals surface area contributed by atoms with Gasteiger partial charge in [0.1, 0.15) is 6.04 Å². The van der Waals surface area contributed by atoms with Gasteiger partial charge in [0.15, 0.2) is 15.9 Å². The summed E-state index contributed by atoms with van der Waals surface area (Å²) >= 11 is 0. The molecule has 1 N–H and O–H groups in total. The van der Waals surface area contributed by atoms with Gasteiger partial charge in [0, 0.05) is 13.7 Å². The monoisotopic (exact) mass is 333 g/mol. The molecule has 1 fully saturated rings. The van der Waals surface area contributed by atoms with Gasteiger partial charge in [-0.15, -0.1) is 0 Å². The van der Waals surface area contributed by atoms with Crippen LogP contribution in [0.3, 0.4) is 0 Å². The first-order chi connectivity index (χ1) is 9.48. The van der Waals surface area contributed by atoms with Gasteiger partial charge in [-0.05, 0) is 0 Å². The lowest BCUT2D eigenvalue weighted by Crippen LogP contribution is -2.55. The van der Waals surface area contributed by atoms with Crippen LogP contribution in [0.15, 0.2) is 0 Å². The molecule has 0 aromatic heterocycles. The third-order valence-electron chi connectivity index (χ3n) is 3.05. The Hall–Kier alpha value is -1.36. The number of carboxylic acid groups (broad SMARTS) is 1. The van der Waals surface area contributed by atoms with Gasteiger partial charge in [0.25, 0.3) is 0 Å². The molecular formula is C10H14F3NO6S. The van der Waals surface area contributed by atoms with Crippen LogP contribution in [-0.4, -0.2) is 73.8 Å². The minimum atomic E-state index is -4.77. The van der Waals surface area contributed by atoms with Crippen molar-refractivity contribution in [3.63, 3.8) is 0 Å². The van der Waals surface area contributed by atoms with Gasteiger partial charge >= 0.3 is 12.1 Å². The fraction of sp³-hybridized carbons (Fsp3) is 0.800. The van der Waals surface area contributed by atoms with E-state index in [2.05, 4.69) is 4.74 Å². The van der Waals surface area contributed by atoms with Crippen molar-refractivity contribution in [1.82, 2.24) is 4.90 Å². The van der Waals surface area contributed by atoms with Crippen LogP contribution in [0.5, 0.6) is 0 Å². The summed E-state index contributed by atoms with van der Waals surface area (Å²) in [5, 5.41) is 8.93. The van der Waals surface area contributed by atoms with Gasteiger partial charge in [-0.2, -0.15) is 13.2 Å². The van der Waals surface area contributed by atoms with E-state index in [0.717, 1.165) is 7.11 Å². The summed E-state index contributed by atoms with van der Waals surface area (Å²) in [5.74, 6) is -3.97. The van der Waals surface area contributed by atoms with E-state index in [1.807, 2.05) is 0 Å². The maximum atomic E-state index is 12.5. The first-order valence-corrected chi connectivity index (χ1v) is 7.62. The number of nitrogens with zero attached hydrogens (tertiary/aromatic N) is 1. The molecule has 2 unspecified atom stereocenters. The number of hydrogen-bond donors (Lipinski definition) is 1. The fourth-order valence-electron chi connectivity index (χ4n) is 1.92. The molecule has 1 aliphatic rings. The van der Waals surface area contributed by atoms with Gasteiger partial charge < -0.3 is 14.7 Å². The number of rotatable bonds is 4. The molecule has 7 nitrogen and oxygen atoms in total. The van der Waals surface area contributed by atoms with E-state index in [1.165, 1.54) is 0 Å². The van der Waals surface area contributed by atoms with E-state index in [0.29, 0.717) is 4.90 Å². The van der Waals surface area contributed by atoms with Crippen LogP contribution in [0.25, 0.3) is 0 Å². The molecule has 1 aliphatic heterocycles. The van der Waals surface area contributed by atoms with Crippen LogP contribution in [-0.2, 0) is 24.2 Å². The normalized spacial score (nSPS) is 23.6. The second-order valence-corrected chi connectivity index (χ2v) is 6.75. The van der Waals surface area contributed by atoms with Gasteiger partial charge in [-0.1, -0.05) is 0 Å². The number of methoxy groups -OCH3 is 1. The number of aliphatic carboxylic acids is 1. The lowest BCUT2D eigenvalue weighted by Gasteiger charge is -2.33. The molecule has 0 bridgehead atoms. The largest absolute Gasteiger partial charge is 0.480 e. The van der Waals surface area contributed by atoms with Crippen molar-refractivity contribution in [2.75, 3.05) is 25.2 Å². The summed E-state index contributed by atoms with van der Waals surface area (Å²) in [6.45, 7) is -0.452. The molecule has 122 valence electrons. The Kier molecular flexibility index (Phi) is 5.20. The van der Waals surface area contributed by atoms with E-state index in [9.17, 15) is 31.2 Å². The topological polar surface area (TPSA) is 101 Å². The van der Waals surface area contributed by atoms with Crippen molar-refractivity contribution in [2.24, 2.45) is 0 Å². The second-order valence-electron chi connectivity index (χ2n) is 4.53. The number of sulfone groups is 1. The van der Waals surface area contributed by atoms with Crippen LogP contribution in [0.2, 0.25) is 0 Å². The Bertz CT molecular complexity index is 517. The standard InChI is InChI=1S/C10H14F3NO6S/c1-20-7(10(11,12)13)4-8(15)14-2-3-21(18,19)5-6(14)9(16)17/h6-7H,2-5H2,1H3,(H,16,17). The molecule has 1 amide bonds. The highest BCUT2D eigenvalue weighted by Gasteiger charge is 2.44. The molecule has 1 saturated heterocycles. The first-order valence-electron chi connectivity index (χ1n) is 5.80. The first kappa shape index (κ1) is 17.7. The number of carboxylic acids is 1. The minimum Gasteiger partial charge on any atom is -0.480 e. The van der Waals surface area contributed by atoms with Gasteiger partial charge in [0.2, 0.25) is 5.91 Å². The molecule has 0 saturated carbocycles. The number of amides is 1. The van der Waals surface area contributed by atoms with Crippen LogP contribution < -0.4 is 0 Å². The molecule has 0 aromatic rings. The van der Waals surface area contributed by atoms with E-state index >= 15 is 0 Å². The molecule has 0 spiro atoms. The molecule has 0 aromatic carbocycles. The van der Waals surface area contributed by atoms with E-state index < -0.39 is 64.5 Å². The van der Waals surface area contributed by atoms with Crippen molar-refractivity contribution >= 4 is 21.7 Å². The SMILES string of the molecule is COC(CC(=O)N1CCS(=O)(=O)CC1C(=O)O)C(F)(F)F. The zero-order chi connectivity index (χ0) is 16.4. The number of alkyl halides is 3. The van der Waals surface area contributed by atoms with Crippen LogP contribution in [0.4, 0.5) is 13.2 Å². The third-order valence-corrected chi connectivity index (χ3v) is 4.67. The van der Waals surface area contributed by atoms with E-state index in [1.54, 1.807) is 0 Å². The van der Waals surface area contributed by atoms with Crippen LogP contribution >= 0.6 is 0 Å². The highest BCUT2D eigenvalue weighted by molar-refractivity contribution is 7.91. The quantitative estimate of drug-likeness (QED) is 0.756. The fourth-order valence-corrected chi connectivity index (χ4v) is 3.36. The number of carbonyl (C=O) groups is 2. The molecule has 2 atom stereocenters. The maximum absolute atomic E-state index is 12.5. The van der Waals surface area contributed by atoms with Crippen LogP contribution in [0.1, 0.15) is 6.42 Å². The predicted octanol–water partition coefficient (Wildman–Crippen LogP) is -0.336. The summed E-state index contributed by atoms with van der Waals surface area (Å²) in [4.78, 5) is 23.5. The Labute approximate surface area is 118 Å². The number of ether oxygens (including phenoxy) is 1. The lowest BCUT2D eigenvalue weighted by molar-refractivity contribution is -0.216. The Morgan fingerprint density at radius 1 is 1.43 bits per heavy atom. The van der Waals surface area contributed by atoms with Gasteiger partial charge in [-0.3, -0.25) is 4.79 Å². The minimum absolute atomic E-state index is 0.452. The molecule has 0 radical (unpaired) electrons. The van der Waals surface area contributed by atoms with E-state index in [-0.39, 0.29) is 0 Å². The van der Waals surface area contributed by atoms with Crippen molar-refractivity contribution < 1.29 is 41.0 Å². The van der Waals surface area contributed by atoms with Gasteiger partial charge in [-0.25, -0.2) is 13.2 Å². The number of hydrogen-bond acceptors (Lipinski definition) is 5. The van der Waals surface area contributed by atoms with Crippen molar-refractivity contribution in [3.05, 3.63) is 0 Å². The van der Waals surface area contributed by atoms with E-state index in [4.69, 9.17) is 5.11 Å². The molecule has 21 heavy (non-hydrogen) atoms. The summed E-state index contributed by atoms with van der Waals surface area (Å²) in [6.07, 6.45) is -8.23. The Morgan fingerprint density at radius 2 is 2.00 bits per heavy atom. The molecule has 0 aliphatic carbocycles. The third kappa shape index (κ3) is 4.56. The zero-order valence-electron chi connectivity index (χ0n) is 11.0. The average Bonchev–Trinajstić information content (AvgIpc) is 2.32. The summed E-state index contributed by atoms with van der Waals surface area (Å²) in [6, 6.07) is -1.68. The maximum Gasteiger partial charge on any atom is 0.415 e. The Balaban J connectivity index is 2.87. The molecular weight excluding hydrogens is 319 g/mol. The smallest absolute Gasteiger partial charge is 0.415 e. The van der Waals surface area contributed by atoms with Crippen molar-refractivity contribution in [2.45, 2.75) is 24.7 Å². The number of carbonyl (C=O) groups excluding carboxylic acids is 1. The molecule has 11 heteroatoms. The summed E-state index contributed by atoms with van der Waals surface area (Å²) < 4.78 is 64.5. The Morgan fingerprint density at radius 3 is 2.43 bits per heavy atom. The predicted molar refractivity (Wildman–Crippen MR) is 63.3 cm³/mol.